The standard InChI is InChI=1S/C15H14FN3/c16-12-3-1-5-15(11(12)9-17)19-8-7-10-13(18)4-2-6-14(10)19/h1,3,5,7-8,13H,2,4,6,18H2. The molecular weight excluding hydrogens is 241 g/mol. The molecule has 2 N–H and O–H groups in total. The molecule has 1 aromatic heterocycles. The van der Waals surface area contributed by atoms with Gasteiger partial charge in [0.25, 0.3) is 0 Å². The molecule has 19 heavy (non-hydrogen) atoms. The molecule has 0 radical (unpaired) electrons. The number of nitriles is 1. The van der Waals surface area contributed by atoms with Gasteiger partial charge in [-0.3, -0.25) is 0 Å². The summed E-state index contributed by atoms with van der Waals surface area (Å²) in [6.45, 7) is 0. The van der Waals surface area contributed by atoms with Gasteiger partial charge in [-0.15, -0.1) is 0 Å². The molecule has 0 fully saturated rings. The Morgan fingerprint density at radius 2 is 2.21 bits per heavy atom. The van der Waals surface area contributed by atoms with Crippen molar-refractivity contribution in [3.8, 4) is 11.8 Å². The number of benzene rings is 1. The van der Waals surface area contributed by atoms with Gasteiger partial charge in [0.2, 0.25) is 0 Å². The van der Waals surface area contributed by atoms with Crippen molar-refractivity contribution in [2.24, 2.45) is 5.73 Å². The minimum atomic E-state index is -0.484. The zero-order chi connectivity index (χ0) is 13.4. The summed E-state index contributed by atoms with van der Waals surface area (Å²) >= 11 is 0. The maximum atomic E-state index is 13.7. The van der Waals surface area contributed by atoms with Crippen LogP contribution in [0.1, 0.15) is 35.7 Å². The summed E-state index contributed by atoms with van der Waals surface area (Å²) in [5.41, 5.74) is 8.97. The molecule has 3 rings (SSSR count). The highest BCUT2D eigenvalue weighted by Crippen LogP contribution is 2.31. The molecule has 3 nitrogen and oxygen atoms in total. The molecule has 0 saturated carbocycles. The van der Waals surface area contributed by atoms with Crippen molar-refractivity contribution < 1.29 is 4.39 Å². The Bertz CT molecular complexity index is 667. The predicted molar refractivity (Wildman–Crippen MR) is 70.3 cm³/mol. The van der Waals surface area contributed by atoms with E-state index >= 15 is 0 Å². The number of nitrogens with zero attached hydrogens (tertiary/aromatic N) is 2. The van der Waals surface area contributed by atoms with Gasteiger partial charge >= 0.3 is 0 Å². The zero-order valence-electron chi connectivity index (χ0n) is 10.4. The molecule has 1 aliphatic carbocycles. The van der Waals surface area contributed by atoms with Crippen LogP contribution in [0.5, 0.6) is 0 Å². The fourth-order valence-electron chi connectivity index (χ4n) is 2.78. The van der Waals surface area contributed by atoms with E-state index < -0.39 is 5.82 Å². The fourth-order valence-corrected chi connectivity index (χ4v) is 2.78. The van der Waals surface area contributed by atoms with E-state index in [0.717, 1.165) is 30.5 Å². The highest BCUT2D eigenvalue weighted by Gasteiger charge is 2.22. The van der Waals surface area contributed by atoms with E-state index in [0.29, 0.717) is 5.69 Å². The minimum Gasteiger partial charge on any atom is -0.324 e. The first-order chi connectivity index (χ1) is 9.22. The Labute approximate surface area is 111 Å². The first-order valence-corrected chi connectivity index (χ1v) is 6.37. The van der Waals surface area contributed by atoms with E-state index in [1.165, 1.54) is 6.07 Å². The summed E-state index contributed by atoms with van der Waals surface area (Å²) in [6, 6.07) is 8.67. The number of hydrogen-bond acceptors (Lipinski definition) is 2. The Balaban J connectivity index is 2.19. The fraction of sp³-hybridized carbons (Fsp3) is 0.267. The van der Waals surface area contributed by atoms with Crippen molar-refractivity contribution in [1.29, 1.82) is 5.26 Å². The lowest BCUT2D eigenvalue weighted by atomic mass is 9.93. The third kappa shape index (κ3) is 1.83. The number of nitrogens with two attached hydrogens (primary N) is 1. The smallest absolute Gasteiger partial charge is 0.143 e. The summed E-state index contributed by atoms with van der Waals surface area (Å²) in [5, 5.41) is 9.13. The second-order valence-electron chi connectivity index (χ2n) is 4.83. The van der Waals surface area contributed by atoms with Gasteiger partial charge in [-0.2, -0.15) is 5.26 Å². The molecule has 0 aliphatic heterocycles. The molecule has 0 bridgehead atoms. The molecule has 2 aromatic rings. The Kier molecular flexibility index (Phi) is 2.84. The maximum Gasteiger partial charge on any atom is 0.143 e. The van der Waals surface area contributed by atoms with Crippen molar-refractivity contribution in [2.75, 3.05) is 0 Å². The number of halogens is 1. The Morgan fingerprint density at radius 3 is 3.00 bits per heavy atom. The molecule has 1 atom stereocenters. The third-order valence-electron chi connectivity index (χ3n) is 3.72. The maximum absolute atomic E-state index is 13.7. The van der Waals surface area contributed by atoms with Gasteiger partial charge in [-0.1, -0.05) is 6.07 Å². The summed E-state index contributed by atoms with van der Waals surface area (Å²) in [7, 11) is 0. The van der Waals surface area contributed by atoms with Crippen molar-refractivity contribution in [2.45, 2.75) is 25.3 Å². The third-order valence-corrected chi connectivity index (χ3v) is 3.72. The highest BCUT2D eigenvalue weighted by molar-refractivity contribution is 5.52. The molecule has 0 spiro atoms. The van der Waals surface area contributed by atoms with Crippen LogP contribution >= 0.6 is 0 Å². The highest BCUT2D eigenvalue weighted by atomic mass is 19.1. The Morgan fingerprint density at radius 1 is 1.37 bits per heavy atom. The lowest BCUT2D eigenvalue weighted by Crippen LogP contribution is -2.18. The average Bonchev–Trinajstić information content (AvgIpc) is 2.83. The molecule has 1 unspecified atom stereocenters. The SMILES string of the molecule is N#Cc1c(F)cccc1-n1ccc2c1CCCC2N. The second-order valence-corrected chi connectivity index (χ2v) is 4.83. The largest absolute Gasteiger partial charge is 0.324 e. The Hall–Kier alpha value is -2.12. The van der Waals surface area contributed by atoms with Crippen LogP contribution in [0.15, 0.2) is 30.5 Å². The van der Waals surface area contributed by atoms with Crippen LogP contribution in [0.25, 0.3) is 5.69 Å². The van der Waals surface area contributed by atoms with Gasteiger partial charge in [-0.05, 0) is 43.0 Å². The summed E-state index contributed by atoms with van der Waals surface area (Å²) in [6.07, 6.45) is 4.80. The topological polar surface area (TPSA) is 54.7 Å². The van der Waals surface area contributed by atoms with Crippen LogP contribution in [0, 0.1) is 17.1 Å². The van der Waals surface area contributed by atoms with Gasteiger partial charge in [-0.25, -0.2) is 4.39 Å². The molecule has 96 valence electrons. The zero-order valence-corrected chi connectivity index (χ0v) is 10.4. The lowest BCUT2D eigenvalue weighted by molar-refractivity contribution is 0.559. The van der Waals surface area contributed by atoms with Crippen molar-refractivity contribution in [3.63, 3.8) is 0 Å². The van der Waals surface area contributed by atoms with E-state index in [2.05, 4.69) is 0 Å². The lowest BCUT2D eigenvalue weighted by Gasteiger charge is -2.21. The summed E-state index contributed by atoms with van der Waals surface area (Å²) in [4.78, 5) is 0. The molecular formula is C15H14FN3. The van der Waals surface area contributed by atoms with E-state index in [-0.39, 0.29) is 11.6 Å². The first kappa shape index (κ1) is 11.9. The molecule has 0 saturated heterocycles. The van der Waals surface area contributed by atoms with Crippen LogP contribution < -0.4 is 5.73 Å². The number of fused-ring (bicyclic) bond motifs is 1. The monoisotopic (exact) mass is 255 g/mol. The number of hydrogen-bond donors (Lipinski definition) is 1. The molecule has 4 heteroatoms. The van der Waals surface area contributed by atoms with Crippen molar-refractivity contribution in [1.82, 2.24) is 4.57 Å². The average molecular weight is 255 g/mol. The van der Waals surface area contributed by atoms with Crippen LogP contribution in [0.4, 0.5) is 4.39 Å². The van der Waals surface area contributed by atoms with Crippen LogP contribution in [0.3, 0.4) is 0 Å². The van der Waals surface area contributed by atoms with Crippen LogP contribution in [-0.2, 0) is 6.42 Å². The van der Waals surface area contributed by atoms with E-state index in [9.17, 15) is 4.39 Å². The van der Waals surface area contributed by atoms with E-state index in [4.69, 9.17) is 11.0 Å². The normalized spacial score (nSPS) is 17.8. The van der Waals surface area contributed by atoms with Gasteiger partial charge in [0, 0.05) is 17.9 Å². The summed E-state index contributed by atoms with van der Waals surface area (Å²) in [5.74, 6) is -0.484. The van der Waals surface area contributed by atoms with E-state index in [1.54, 1.807) is 12.1 Å². The molecule has 1 aliphatic rings. The number of aromatic nitrogens is 1. The van der Waals surface area contributed by atoms with Crippen LogP contribution in [-0.4, -0.2) is 4.57 Å². The number of rotatable bonds is 1. The molecule has 1 heterocycles. The predicted octanol–water partition coefficient (Wildman–Crippen LogP) is 2.82. The van der Waals surface area contributed by atoms with E-state index in [1.807, 2.05) is 22.9 Å². The quantitative estimate of drug-likeness (QED) is 0.851. The van der Waals surface area contributed by atoms with Crippen molar-refractivity contribution >= 4 is 0 Å². The molecule has 0 amide bonds. The van der Waals surface area contributed by atoms with Gasteiger partial charge in [0.05, 0.1) is 5.69 Å². The molecule has 1 aromatic carbocycles. The van der Waals surface area contributed by atoms with Crippen molar-refractivity contribution in [3.05, 3.63) is 53.1 Å². The minimum absolute atomic E-state index is 0.0455. The second kappa shape index (κ2) is 4.52. The van der Waals surface area contributed by atoms with Gasteiger partial charge in [0.15, 0.2) is 0 Å². The van der Waals surface area contributed by atoms with Gasteiger partial charge in [0.1, 0.15) is 17.4 Å². The first-order valence-electron chi connectivity index (χ1n) is 6.37. The van der Waals surface area contributed by atoms with Gasteiger partial charge < -0.3 is 10.3 Å². The summed E-state index contributed by atoms with van der Waals surface area (Å²) < 4.78 is 15.6. The van der Waals surface area contributed by atoms with Crippen LogP contribution in [0.2, 0.25) is 0 Å².